The Morgan fingerprint density at radius 3 is 2.59 bits per heavy atom. The third kappa shape index (κ3) is 3.76. The number of fused-ring (bicyclic) bond motifs is 1. The number of carbonyl (C=O) groups excluding carboxylic acids is 1. The summed E-state index contributed by atoms with van der Waals surface area (Å²) in [6.07, 6.45) is 0. The van der Waals surface area contributed by atoms with Crippen LogP contribution in [-0.4, -0.2) is 27.6 Å². The van der Waals surface area contributed by atoms with Crippen molar-refractivity contribution in [1.29, 1.82) is 0 Å². The summed E-state index contributed by atoms with van der Waals surface area (Å²) < 4.78 is 6.80. The van der Waals surface area contributed by atoms with E-state index in [9.17, 15) is 4.79 Å². The number of rotatable bonds is 4. The molecule has 148 valence electrons. The fourth-order valence-corrected chi connectivity index (χ4v) is 4.52. The van der Waals surface area contributed by atoms with Crippen LogP contribution in [0.5, 0.6) is 5.75 Å². The molecule has 1 amide bonds. The van der Waals surface area contributed by atoms with E-state index in [1.807, 2.05) is 5.38 Å². The summed E-state index contributed by atoms with van der Waals surface area (Å²) in [6, 6.07) is 8.24. The van der Waals surface area contributed by atoms with Gasteiger partial charge in [0.05, 0.1) is 27.9 Å². The van der Waals surface area contributed by atoms with Gasteiger partial charge < -0.3 is 4.74 Å². The van der Waals surface area contributed by atoms with Crippen LogP contribution in [0.4, 0.5) is 5.95 Å². The van der Waals surface area contributed by atoms with Gasteiger partial charge in [-0.05, 0) is 30.3 Å². The van der Waals surface area contributed by atoms with Gasteiger partial charge in [0, 0.05) is 16.0 Å². The molecule has 0 saturated carbocycles. The molecule has 0 aliphatic carbocycles. The maximum atomic E-state index is 12.8. The monoisotopic (exact) mass is 486 g/mol. The maximum Gasteiger partial charge on any atom is 0.263 e. The summed E-state index contributed by atoms with van der Waals surface area (Å²) in [6.45, 7) is 0. The molecule has 2 heterocycles. The second kappa shape index (κ2) is 8.01. The summed E-state index contributed by atoms with van der Waals surface area (Å²) in [5.41, 5.74) is 1.56. The van der Waals surface area contributed by atoms with E-state index in [4.69, 9.17) is 51.1 Å². The number of amides is 1. The number of anilines is 1. The summed E-state index contributed by atoms with van der Waals surface area (Å²) in [7, 11) is 1.40. The first-order chi connectivity index (χ1) is 13.9. The van der Waals surface area contributed by atoms with Gasteiger partial charge in [0.25, 0.3) is 11.9 Å². The van der Waals surface area contributed by atoms with Crippen LogP contribution in [0.15, 0.2) is 35.7 Å². The van der Waals surface area contributed by atoms with Gasteiger partial charge in [0.1, 0.15) is 5.56 Å². The molecule has 2 aromatic carbocycles. The predicted molar refractivity (Wildman–Crippen MR) is 117 cm³/mol. The van der Waals surface area contributed by atoms with Gasteiger partial charge in [-0.1, -0.05) is 46.4 Å². The molecule has 0 saturated heterocycles. The minimum atomic E-state index is -0.543. The molecule has 29 heavy (non-hydrogen) atoms. The van der Waals surface area contributed by atoms with Crippen molar-refractivity contribution in [2.75, 3.05) is 12.4 Å². The van der Waals surface area contributed by atoms with Crippen molar-refractivity contribution >= 4 is 74.6 Å². The third-order valence-electron chi connectivity index (χ3n) is 4.00. The highest BCUT2D eigenvalue weighted by molar-refractivity contribution is 7.15. The summed E-state index contributed by atoms with van der Waals surface area (Å²) >= 11 is 25.9. The first-order valence-corrected chi connectivity index (χ1v) is 10.4. The normalized spacial score (nSPS) is 11.1. The first kappa shape index (κ1) is 20.3. The molecular weight excluding hydrogens is 478 g/mol. The maximum absolute atomic E-state index is 12.8. The Morgan fingerprint density at radius 1 is 1.10 bits per heavy atom. The van der Waals surface area contributed by atoms with Crippen LogP contribution in [0.2, 0.25) is 20.1 Å². The van der Waals surface area contributed by atoms with Crippen LogP contribution >= 0.6 is 57.7 Å². The van der Waals surface area contributed by atoms with E-state index in [1.165, 1.54) is 24.5 Å². The SMILES string of the molecule is COc1c(Cl)ccc(Cl)c1C(=O)Nc1nc2scc(-c3ccc(Cl)cc3Cl)n2n1. The number of aromatic nitrogens is 3. The van der Waals surface area contributed by atoms with Crippen LogP contribution in [-0.2, 0) is 0 Å². The average Bonchev–Trinajstić information content (AvgIpc) is 3.23. The lowest BCUT2D eigenvalue weighted by atomic mass is 10.2. The van der Waals surface area contributed by atoms with Gasteiger partial charge in [-0.25, -0.2) is 4.52 Å². The molecule has 0 fully saturated rings. The molecule has 6 nitrogen and oxygen atoms in total. The van der Waals surface area contributed by atoms with Gasteiger partial charge in [-0.15, -0.1) is 16.4 Å². The van der Waals surface area contributed by atoms with Crippen molar-refractivity contribution in [3.8, 4) is 17.0 Å². The Bertz CT molecular complexity index is 1250. The van der Waals surface area contributed by atoms with Gasteiger partial charge in [0.15, 0.2) is 5.75 Å². The quantitative estimate of drug-likeness (QED) is 0.365. The average molecular weight is 488 g/mol. The molecule has 4 rings (SSSR count). The molecule has 2 aromatic heterocycles. The molecule has 0 radical (unpaired) electrons. The topological polar surface area (TPSA) is 68.5 Å². The second-order valence-corrected chi connectivity index (χ2v) is 8.26. The Balaban J connectivity index is 1.70. The predicted octanol–water partition coefficient (Wildman–Crippen LogP) is 6.33. The van der Waals surface area contributed by atoms with Crippen LogP contribution in [0.1, 0.15) is 10.4 Å². The van der Waals surface area contributed by atoms with Crippen LogP contribution in [0.25, 0.3) is 16.2 Å². The van der Waals surface area contributed by atoms with E-state index in [0.717, 1.165) is 11.3 Å². The summed E-state index contributed by atoms with van der Waals surface area (Å²) in [5, 5.41) is 10.3. The van der Waals surface area contributed by atoms with Gasteiger partial charge in [-0.2, -0.15) is 4.98 Å². The zero-order valence-electron chi connectivity index (χ0n) is 14.5. The second-order valence-electron chi connectivity index (χ2n) is 5.77. The lowest BCUT2D eigenvalue weighted by Crippen LogP contribution is -2.15. The molecule has 0 aliphatic rings. The summed E-state index contributed by atoms with van der Waals surface area (Å²) in [4.78, 5) is 17.7. The largest absolute Gasteiger partial charge is 0.494 e. The van der Waals surface area contributed by atoms with E-state index in [2.05, 4.69) is 15.4 Å². The van der Waals surface area contributed by atoms with Crippen LogP contribution in [0.3, 0.4) is 0 Å². The summed E-state index contributed by atoms with van der Waals surface area (Å²) in [5.74, 6) is -0.267. The number of nitrogens with zero attached hydrogens (tertiary/aromatic N) is 3. The molecule has 4 aromatic rings. The van der Waals surface area contributed by atoms with Crippen molar-refractivity contribution in [3.63, 3.8) is 0 Å². The van der Waals surface area contributed by atoms with Gasteiger partial charge in [0.2, 0.25) is 4.96 Å². The van der Waals surface area contributed by atoms with E-state index in [1.54, 1.807) is 28.8 Å². The lowest BCUT2D eigenvalue weighted by molar-refractivity contribution is 0.102. The molecule has 0 bridgehead atoms. The molecule has 0 aliphatic heterocycles. The van der Waals surface area contributed by atoms with E-state index >= 15 is 0 Å². The number of halogens is 4. The fraction of sp³-hybridized carbons (Fsp3) is 0.0556. The third-order valence-corrected chi connectivity index (χ3v) is 5.98. The lowest BCUT2D eigenvalue weighted by Gasteiger charge is -2.11. The van der Waals surface area contributed by atoms with E-state index < -0.39 is 5.91 Å². The van der Waals surface area contributed by atoms with Crippen LogP contribution < -0.4 is 10.1 Å². The van der Waals surface area contributed by atoms with Gasteiger partial charge in [-0.3, -0.25) is 10.1 Å². The zero-order chi connectivity index (χ0) is 20.7. The fourth-order valence-electron chi connectivity index (χ4n) is 2.73. The Labute approximate surface area is 188 Å². The number of ether oxygens (including phenoxy) is 1. The Hall–Kier alpha value is -2.03. The standard InChI is InChI=1S/C18H10Cl4N4O2S/c1-28-15-11(21)5-4-10(20)14(15)16(27)23-17-24-18-26(25-17)13(7-29-18)9-3-2-8(19)6-12(9)22/h2-7H,1H3,(H,23,25,27). The molecule has 11 heteroatoms. The number of carbonyl (C=O) groups is 1. The van der Waals surface area contributed by atoms with Crippen LogP contribution in [0, 0.1) is 0 Å². The van der Waals surface area contributed by atoms with E-state index in [-0.39, 0.29) is 27.3 Å². The zero-order valence-corrected chi connectivity index (χ0v) is 18.4. The molecule has 0 atom stereocenters. The van der Waals surface area contributed by atoms with Gasteiger partial charge >= 0.3 is 0 Å². The molecule has 1 N–H and O–H groups in total. The number of methoxy groups -OCH3 is 1. The highest BCUT2D eigenvalue weighted by atomic mass is 35.5. The van der Waals surface area contributed by atoms with Crippen molar-refractivity contribution in [2.24, 2.45) is 0 Å². The molecular formula is C18H10Cl4N4O2S. The van der Waals surface area contributed by atoms with E-state index in [0.29, 0.717) is 15.0 Å². The number of nitrogens with one attached hydrogen (secondary N) is 1. The highest BCUT2D eigenvalue weighted by Gasteiger charge is 2.22. The number of benzene rings is 2. The molecule has 0 spiro atoms. The highest BCUT2D eigenvalue weighted by Crippen LogP contribution is 2.35. The van der Waals surface area contributed by atoms with Crippen molar-refractivity contribution < 1.29 is 9.53 Å². The Kier molecular flexibility index (Phi) is 5.59. The first-order valence-electron chi connectivity index (χ1n) is 8.02. The minimum absolute atomic E-state index is 0.0980. The number of hydrogen-bond acceptors (Lipinski definition) is 5. The van der Waals surface area contributed by atoms with Crippen molar-refractivity contribution in [1.82, 2.24) is 14.6 Å². The Morgan fingerprint density at radius 2 is 1.86 bits per heavy atom. The van der Waals surface area contributed by atoms with Crippen molar-refractivity contribution in [3.05, 3.63) is 61.4 Å². The van der Waals surface area contributed by atoms with Crippen molar-refractivity contribution in [2.45, 2.75) is 0 Å². The molecule has 0 unspecified atom stereocenters. The number of thiazole rings is 1. The number of hydrogen-bond donors (Lipinski definition) is 1. The smallest absolute Gasteiger partial charge is 0.263 e. The minimum Gasteiger partial charge on any atom is -0.494 e.